The first-order valence-corrected chi connectivity index (χ1v) is 8.69. The van der Waals surface area contributed by atoms with Crippen LogP contribution in [0.4, 0.5) is 0 Å². The molecule has 1 saturated heterocycles. The quantitative estimate of drug-likeness (QED) is 0.916. The first-order valence-electron chi connectivity index (χ1n) is 7.89. The average Bonchev–Trinajstić information content (AvgIpc) is 2.83. The topological polar surface area (TPSA) is 42.2 Å². The number of aryl methyl sites for hydroxylation is 1. The first kappa shape index (κ1) is 15.0. The van der Waals surface area contributed by atoms with Crippen LogP contribution in [0.1, 0.15) is 50.4 Å². The maximum atomic E-state index is 4.84. The van der Waals surface area contributed by atoms with Gasteiger partial charge in [0.1, 0.15) is 0 Å². The van der Waals surface area contributed by atoms with Crippen molar-refractivity contribution in [3.63, 3.8) is 0 Å². The van der Waals surface area contributed by atoms with Gasteiger partial charge >= 0.3 is 0 Å². The maximum absolute atomic E-state index is 4.84. The lowest BCUT2D eigenvalue weighted by molar-refractivity contribution is 0.447. The molecule has 4 nitrogen and oxygen atoms in total. The molecule has 0 spiro atoms. The highest BCUT2D eigenvalue weighted by molar-refractivity contribution is 9.10. The van der Waals surface area contributed by atoms with Gasteiger partial charge in [0, 0.05) is 18.7 Å². The maximum Gasteiger partial charge on any atom is 0.169 e. The van der Waals surface area contributed by atoms with Crippen molar-refractivity contribution >= 4 is 21.6 Å². The van der Waals surface area contributed by atoms with E-state index in [4.69, 9.17) is 5.10 Å². The van der Waals surface area contributed by atoms with Crippen LogP contribution in [0.15, 0.2) is 16.7 Å². The lowest BCUT2D eigenvalue weighted by Crippen LogP contribution is -2.29. The number of hydrogen-bond acceptors (Lipinski definition) is 3. The Hall–Kier alpha value is -0.940. The van der Waals surface area contributed by atoms with Crippen LogP contribution in [0.2, 0.25) is 0 Å². The van der Waals surface area contributed by atoms with Gasteiger partial charge in [-0.25, -0.2) is 9.50 Å². The summed E-state index contributed by atoms with van der Waals surface area (Å²) < 4.78 is 3.12. The highest BCUT2D eigenvalue weighted by Gasteiger charge is 2.21. The average molecular weight is 351 g/mol. The molecule has 1 fully saturated rings. The minimum Gasteiger partial charge on any atom is -0.316 e. The van der Waals surface area contributed by atoms with Gasteiger partial charge in [-0.2, -0.15) is 5.10 Å². The number of hydrogen-bond donors (Lipinski definition) is 1. The summed E-state index contributed by atoms with van der Waals surface area (Å²) in [7, 11) is 0. The van der Waals surface area contributed by atoms with Crippen LogP contribution >= 0.6 is 15.9 Å². The fraction of sp³-hybridized carbons (Fsp3) is 0.625. The molecule has 2 aromatic heterocycles. The van der Waals surface area contributed by atoms with Crippen LogP contribution in [0.5, 0.6) is 0 Å². The summed E-state index contributed by atoms with van der Waals surface area (Å²) in [5.74, 6) is 1.23. The molecule has 1 unspecified atom stereocenters. The lowest BCUT2D eigenvalue weighted by atomic mass is 9.96. The number of halogens is 1. The van der Waals surface area contributed by atoms with Crippen molar-refractivity contribution in [1.29, 1.82) is 0 Å². The zero-order valence-electron chi connectivity index (χ0n) is 12.8. The third kappa shape index (κ3) is 3.14. The molecule has 3 rings (SSSR count). The largest absolute Gasteiger partial charge is 0.316 e. The third-order valence-electron chi connectivity index (χ3n) is 4.23. The summed E-state index contributed by atoms with van der Waals surface area (Å²) in [6.45, 7) is 6.67. The summed E-state index contributed by atoms with van der Waals surface area (Å²) in [5.41, 5.74) is 3.37. The molecule has 0 aromatic carbocycles. The molecule has 2 aromatic rings. The molecule has 0 aliphatic carbocycles. The first-order chi connectivity index (χ1) is 10.2. The number of nitrogens with zero attached hydrogens (tertiary/aromatic N) is 3. The predicted molar refractivity (Wildman–Crippen MR) is 88.7 cm³/mol. The van der Waals surface area contributed by atoms with E-state index < -0.39 is 0 Å². The molecule has 0 radical (unpaired) electrons. The zero-order chi connectivity index (χ0) is 14.8. The molecule has 3 heterocycles. The van der Waals surface area contributed by atoms with Gasteiger partial charge in [0.2, 0.25) is 0 Å². The second kappa shape index (κ2) is 6.44. The molecular formula is C16H23BrN4. The fourth-order valence-electron chi connectivity index (χ4n) is 2.98. The summed E-state index contributed by atoms with van der Waals surface area (Å²) in [6.07, 6.45) is 6.53. The van der Waals surface area contributed by atoms with E-state index in [1.807, 2.05) is 6.20 Å². The Morgan fingerprint density at radius 2 is 2.33 bits per heavy atom. The second-order valence-electron chi connectivity index (χ2n) is 6.34. The third-order valence-corrected chi connectivity index (χ3v) is 5.04. The van der Waals surface area contributed by atoms with Crippen molar-refractivity contribution in [2.75, 3.05) is 13.1 Å². The van der Waals surface area contributed by atoms with Crippen molar-refractivity contribution in [3.05, 3.63) is 28.1 Å². The molecule has 1 aliphatic heterocycles. The van der Waals surface area contributed by atoms with Gasteiger partial charge in [-0.1, -0.05) is 13.8 Å². The van der Waals surface area contributed by atoms with Gasteiger partial charge in [0.15, 0.2) is 5.65 Å². The van der Waals surface area contributed by atoms with E-state index in [0.717, 1.165) is 41.7 Å². The van der Waals surface area contributed by atoms with Gasteiger partial charge in [0.05, 0.1) is 15.9 Å². The molecular weight excluding hydrogens is 328 g/mol. The van der Waals surface area contributed by atoms with Crippen LogP contribution in [-0.4, -0.2) is 27.7 Å². The number of nitrogens with one attached hydrogen (secondary N) is 1. The second-order valence-corrected chi connectivity index (χ2v) is 7.13. The molecule has 114 valence electrons. The van der Waals surface area contributed by atoms with E-state index in [1.165, 1.54) is 18.5 Å². The number of aromatic nitrogens is 3. The normalized spacial score (nSPS) is 19.5. The molecule has 1 N–H and O–H groups in total. The summed E-state index contributed by atoms with van der Waals surface area (Å²) >= 11 is 3.70. The number of fused-ring (bicyclic) bond motifs is 1. The van der Waals surface area contributed by atoms with Gasteiger partial charge in [-0.05, 0) is 60.1 Å². The fourth-order valence-corrected chi connectivity index (χ4v) is 3.53. The molecule has 21 heavy (non-hydrogen) atoms. The monoisotopic (exact) mass is 350 g/mol. The Labute approximate surface area is 134 Å². The van der Waals surface area contributed by atoms with E-state index >= 15 is 0 Å². The lowest BCUT2D eigenvalue weighted by Gasteiger charge is -2.23. The van der Waals surface area contributed by atoms with Gasteiger partial charge in [-0.3, -0.25) is 0 Å². The molecule has 0 saturated carbocycles. The van der Waals surface area contributed by atoms with Gasteiger partial charge < -0.3 is 5.32 Å². The van der Waals surface area contributed by atoms with E-state index in [-0.39, 0.29) is 0 Å². The number of rotatable bonds is 4. The van der Waals surface area contributed by atoms with Gasteiger partial charge in [-0.15, -0.1) is 0 Å². The molecule has 1 atom stereocenters. The minimum atomic E-state index is 0.536. The van der Waals surface area contributed by atoms with E-state index in [9.17, 15) is 0 Å². The Morgan fingerprint density at radius 1 is 1.48 bits per heavy atom. The molecule has 1 aliphatic rings. The molecule has 5 heteroatoms. The van der Waals surface area contributed by atoms with Crippen molar-refractivity contribution in [3.8, 4) is 0 Å². The van der Waals surface area contributed by atoms with Gasteiger partial charge in [0.25, 0.3) is 0 Å². The summed E-state index contributed by atoms with van der Waals surface area (Å²) in [5, 5.41) is 8.33. The summed E-state index contributed by atoms with van der Waals surface area (Å²) in [4.78, 5) is 4.52. The van der Waals surface area contributed by atoms with Crippen LogP contribution < -0.4 is 5.32 Å². The Morgan fingerprint density at radius 3 is 3.05 bits per heavy atom. The molecule has 0 bridgehead atoms. The van der Waals surface area contributed by atoms with E-state index in [1.54, 1.807) is 0 Å². The predicted octanol–water partition coefficient (Wildman–Crippen LogP) is 3.55. The highest BCUT2D eigenvalue weighted by Crippen LogP contribution is 2.28. The highest BCUT2D eigenvalue weighted by atomic mass is 79.9. The van der Waals surface area contributed by atoms with Crippen molar-refractivity contribution in [2.24, 2.45) is 5.92 Å². The van der Waals surface area contributed by atoms with E-state index in [0.29, 0.717) is 11.8 Å². The standard InChI is InChI=1S/C16H23BrN4/c1-11(2)5-6-13-15(17)16-19-9-7-14(21(16)20-13)12-4-3-8-18-10-12/h7,9,11-12,18H,3-6,8,10H2,1-2H3. The Bertz CT molecular complexity index is 614. The number of piperidine rings is 1. The van der Waals surface area contributed by atoms with Crippen LogP contribution in [0.3, 0.4) is 0 Å². The Balaban J connectivity index is 1.96. The van der Waals surface area contributed by atoms with Crippen LogP contribution in [0, 0.1) is 5.92 Å². The minimum absolute atomic E-state index is 0.536. The SMILES string of the molecule is CC(C)CCc1nn2c(C3CCCNC3)ccnc2c1Br. The van der Waals surface area contributed by atoms with Crippen LogP contribution in [0.25, 0.3) is 5.65 Å². The van der Waals surface area contributed by atoms with Crippen molar-refractivity contribution in [1.82, 2.24) is 19.9 Å². The smallest absolute Gasteiger partial charge is 0.169 e. The summed E-state index contributed by atoms with van der Waals surface area (Å²) in [6, 6.07) is 2.12. The van der Waals surface area contributed by atoms with Crippen molar-refractivity contribution < 1.29 is 0 Å². The van der Waals surface area contributed by atoms with Crippen molar-refractivity contribution in [2.45, 2.75) is 45.4 Å². The zero-order valence-corrected chi connectivity index (χ0v) is 14.4. The Kier molecular flexibility index (Phi) is 4.60. The van der Waals surface area contributed by atoms with E-state index in [2.05, 4.69) is 50.7 Å². The van der Waals surface area contributed by atoms with Crippen LogP contribution in [-0.2, 0) is 6.42 Å². The molecule has 0 amide bonds.